The summed E-state index contributed by atoms with van der Waals surface area (Å²) in [6.07, 6.45) is 0. The van der Waals surface area contributed by atoms with Gasteiger partial charge in [-0.05, 0) is 13.0 Å². The second-order valence-electron chi connectivity index (χ2n) is 5.63. The molecule has 20 heavy (non-hydrogen) atoms. The van der Waals surface area contributed by atoms with Crippen molar-refractivity contribution in [2.75, 3.05) is 0 Å². The third-order valence-electron chi connectivity index (χ3n) is 3.15. The Hall–Kier alpha value is -1.39. The number of halogens is 1. The molecule has 2 rings (SSSR count). The largest absolute Gasteiger partial charge is 0.283 e. The Labute approximate surface area is 127 Å². The molecule has 0 radical (unpaired) electrons. The van der Waals surface area contributed by atoms with Gasteiger partial charge in [-0.1, -0.05) is 50.6 Å². The zero-order valence-corrected chi connectivity index (χ0v) is 13.5. The molecule has 0 aliphatic carbocycles. The number of hydrazone groups is 1. The SMILES string of the molecule is CC(=NNC(=O)c1sc2ccccc2c1Cl)C(C)(C)C. The van der Waals surface area contributed by atoms with Gasteiger partial charge in [0.2, 0.25) is 0 Å². The molecule has 0 spiro atoms. The van der Waals surface area contributed by atoms with E-state index in [0.29, 0.717) is 9.90 Å². The number of nitrogens with zero attached hydrogens (tertiary/aromatic N) is 1. The van der Waals surface area contributed by atoms with Gasteiger partial charge in [0.1, 0.15) is 4.88 Å². The lowest BCUT2D eigenvalue weighted by molar-refractivity contribution is 0.0958. The minimum absolute atomic E-state index is 0.0722. The maximum atomic E-state index is 12.2. The summed E-state index contributed by atoms with van der Waals surface area (Å²) in [7, 11) is 0. The van der Waals surface area contributed by atoms with Gasteiger partial charge in [0, 0.05) is 21.2 Å². The van der Waals surface area contributed by atoms with Crippen molar-refractivity contribution >= 4 is 44.6 Å². The fourth-order valence-corrected chi connectivity index (χ4v) is 2.92. The van der Waals surface area contributed by atoms with Crippen LogP contribution in [0.1, 0.15) is 37.4 Å². The molecule has 2 aromatic rings. The lowest BCUT2D eigenvalue weighted by Crippen LogP contribution is -2.24. The number of fused-ring (bicyclic) bond motifs is 1. The fourth-order valence-electron chi connectivity index (χ4n) is 1.51. The summed E-state index contributed by atoms with van der Waals surface area (Å²) in [5.41, 5.74) is 3.37. The molecular formula is C15H17ClN2OS. The van der Waals surface area contributed by atoms with E-state index in [4.69, 9.17) is 11.6 Å². The van der Waals surface area contributed by atoms with E-state index in [1.165, 1.54) is 11.3 Å². The van der Waals surface area contributed by atoms with Gasteiger partial charge in [-0.3, -0.25) is 4.79 Å². The van der Waals surface area contributed by atoms with Crippen LogP contribution in [-0.4, -0.2) is 11.6 Å². The van der Waals surface area contributed by atoms with Gasteiger partial charge >= 0.3 is 0 Å². The molecule has 0 aliphatic heterocycles. The van der Waals surface area contributed by atoms with Gasteiger partial charge in [0.15, 0.2) is 0 Å². The molecule has 0 aliphatic rings. The smallest absolute Gasteiger partial charge is 0.266 e. The average Bonchev–Trinajstić information content (AvgIpc) is 2.72. The minimum atomic E-state index is -0.264. The van der Waals surface area contributed by atoms with Crippen LogP contribution in [-0.2, 0) is 0 Å². The second kappa shape index (κ2) is 5.54. The highest BCUT2D eigenvalue weighted by molar-refractivity contribution is 7.21. The van der Waals surface area contributed by atoms with Crippen LogP contribution in [0.25, 0.3) is 10.1 Å². The molecule has 1 amide bonds. The molecule has 106 valence electrons. The first-order valence-corrected chi connectivity index (χ1v) is 7.52. The highest BCUT2D eigenvalue weighted by Crippen LogP contribution is 2.34. The Morgan fingerprint density at radius 1 is 1.30 bits per heavy atom. The number of thiophene rings is 1. The van der Waals surface area contributed by atoms with E-state index >= 15 is 0 Å². The summed E-state index contributed by atoms with van der Waals surface area (Å²) in [6, 6.07) is 7.70. The van der Waals surface area contributed by atoms with E-state index < -0.39 is 0 Å². The summed E-state index contributed by atoms with van der Waals surface area (Å²) >= 11 is 7.64. The lowest BCUT2D eigenvalue weighted by Gasteiger charge is -2.17. The summed E-state index contributed by atoms with van der Waals surface area (Å²) in [5, 5.41) is 5.54. The number of hydrogen-bond donors (Lipinski definition) is 1. The van der Waals surface area contributed by atoms with Crippen LogP contribution in [0, 0.1) is 5.41 Å². The highest BCUT2D eigenvalue weighted by Gasteiger charge is 2.18. The van der Waals surface area contributed by atoms with Crippen LogP contribution in [0.15, 0.2) is 29.4 Å². The molecule has 1 N–H and O–H groups in total. The highest BCUT2D eigenvalue weighted by atomic mass is 35.5. The van der Waals surface area contributed by atoms with Crippen LogP contribution in [0.4, 0.5) is 0 Å². The number of carbonyl (C=O) groups is 1. The summed E-state index contributed by atoms with van der Waals surface area (Å²) in [5.74, 6) is -0.264. The van der Waals surface area contributed by atoms with Gasteiger partial charge < -0.3 is 0 Å². The molecule has 0 bridgehead atoms. The maximum absolute atomic E-state index is 12.2. The van der Waals surface area contributed by atoms with Gasteiger partial charge in [0.25, 0.3) is 5.91 Å². The third kappa shape index (κ3) is 3.02. The van der Waals surface area contributed by atoms with Crippen LogP contribution in [0.5, 0.6) is 0 Å². The molecule has 1 aromatic heterocycles. The Bertz CT molecular complexity index is 683. The van der Waals surface area contributed by atoms with E-state index in [1.807, 2.05) is 52.0 Å². The molecule has 1 aromatic carbocycles. The van der Waals surface area contributed by atoms with Crippen molar-refractivity contribution in [3.63, 3.8) is 0 Å². The van der Waals surface area contributed by atoms with Crippen molar-refractivity contribution < 1.29 is 4.79 Å². The molecule has 0 fully saturated rings. The zero-order valence-electron chi connectivity index (χ0n) is 12.0. The summed E-state index contributed by atoms with van der Waals surface area (Å²) in [6.45, 7) is 8.03. The number of rotatable bonds is 2. The van der Waals surface area contributed by atoms with Crippen molar-refractivity contribution in [3.8, 4) is 0 Å². The molecule has 0 unspecified atom stereocenters. The van der Waals surface area contributed by atoms with Gasteiger partial charge in [-0.15, -0.1) is 11.3 Å². The lowest BCUT2D eigenvalue weighted by atomic mass is 9.91. The minimum Gasteiger partial charge on any atom is -0.266 e. The van der Waals surface area contributed by atoms with Crippen molar-refractivity contribution in [1.29, 1.82) is 0 Å². The molecular weight excluding hydrogens is 292 g/mol. The first-order valence-electron chi connectivity index (χ1n) is 6.33. The van der Waals surface area contributed by atoms with Gasteiger partial charge in [-0.25, -0.2) is 5.43 Å². The van der Waals surface area contributed by atoms with Crippen molar-refractivity contribution in [1.82, 2.24) is 5.43 Å². The standard InChI is InChI=1S/C15H17ClN2OS/c1-9(15(2,3)4)17-18-14(19)13-12(16)10-7-5-6-8-11(10)20-13/h5-8H,1-4H3,(H,18,19). The van der Waals surface area contributed by atoms with Crippen molar-refractivity contribution in [3.05, 3.63) is 34.2 Å². The first-order chi connectivity index (χ1) is 9.30. The monoisotopic (exact) mass is 308 g/mol. The number of amides is 1. The molecule has 0 saturated heterocycles. The van der Waals surface area contributed by atoms with E-state index in [2.05, 4.69) is 10.5 Å². The summed E-state index contributed by atoms with van der Waals surface area (Å²) in [4.78, 5) is 12.7. The van der Waals surface area contributed by atoms with Crippen LogP contribution >= 0.6 is 22.9 Å². The van der Waals surface area contributed by atoms with E-state index in [1.54, 1.807) is 0 Å². The fraction of sp³-hybridized carbons (Fsp3) is 0.333. The molecule has 0 saturated carbocycles. The number of benzene rings is 1. The Balaban J connectivity index is 2.27. The Morgan fingerprint density at radius 2 is 1.95 bits per heavy atom. The van der Waals surface area contributed by atoms with E-state index in [-0.39, 0.29) is 11.3 Å². The van der Waals surface area contributed by atoms with Gasteiger partial charge in [-0.2, -0.15) is 5.10 Å². The predicted molar refractivity (Wildman–Crippen MR) is 86.9 cm³/mol. The van der Waals surface area contributed by atoms with Crippen LogP contribution < -0.4 is 5.43 Å². The second-order valence-corrected chi connectivity index (χ2v) is 7.06. The third-order valence-corrected chi connectivity index (χ3v) is 4.83. The van der Waals surface area contributed by atoms with Crippen molar-refractivity contribution in [2.45, 2.75) is 27.7 Å². The van der Waals surface area contributed by atoms with Gasteiger partial charge in [0.05, 0.1) is 5.02 Å². The zero-order chi connectivity index (χ0) is 14.9. The quantitative estimate of drug-likeness (QED) is 0.633. The number of nitrogens with one attached hydrogen (secondary N) is 1. The normalized spacial score (nSPS) is 12.8. The number of carbonyl (C=O) groups excluding carboxylic acids is 1. The van der Waals surface area contributed by atoms with Crippen molar-refractivity contribution in [2.24, 2.45) is 10.5 Å². The first kappa shape index (κ1) is 15.0. The Morgan fingerprint density at radius 3 is 2.55 bits per heavy atom. The molecule has 1 heterocycles. The topological polar surface area (TPSA) is 41.5 Å². The average molecular weight is 309 g/mol. The maximum Gasteiger partial charge on any atom is 0.283 e. The predicted octanol–water partition coefficient (Wildman–Crippen LogP) is 4.71. The number of hydrogen-bond acceptors (Lipinski definition) is 3. The molecule has 5 heteroatoms. The van der Waals surface area contributed by atoms with E-state index in [0.717, 1.165) is 15.8 Å². The van der Waals surface area contributed by atoms with E-state index in [9.17, 15) is 4.79 Å². The Kier molecular flexibility index (Phi) is 4.16. The van der Waals surface area contributed by atoms with Crippen LogP contribution in [0.3, 0.4) is 0 Å². The molecule has 3 nitrogen and oxygen atoms in total. The molecule has 0 atom stereocenters. The van der Waals surface area contributed by atoms with Crippen LogP contribution in [0.2, 0.25) is 5.02 Å². The summed E-state index contributed by atoms with van der Waals surface area (Å²) < 4.78 is 0.999.